The third kappa shape index (κ3) is 72.1. The van der Waals surface area contributed by atoms with Crippen molar-refractivity contribution in [2.45, 2.75) is 270 Å². The summed E-state index contributed by atoms with van der Waals surface area (Å²) in [5, 5.41) is 44.7. The third-order valence-electron chi connectivity index (χ3n) is 15.9. The summed E-state index contributed by atoms with van der Waals surface area (Å²) >= 11 is 0. The molecule has 130 heavy (non-hydrogen) atoms. The summed E-state index contributed by atoms with van der Waals surface area (Å²) in [5.74, 6) is -8.26. The van der Waals surface area contributed by atoms with E-state index in [1.54, 1.807) is 41.5 Å². The molecule has 1 aliphatic heterocycles. The van der Waals surface area contributed by atoms with E-state index < -0.39 is 120 Å². The molecular formula is C90H142N4O36. The summed E-state index contributed by atoms with van der Waals surface area (Å²) < 4.78 is 87.5. The van der Waals surface area contributed by atoms with Crippen LogP contribution < -0.4 is 35.5 Å². The Morgan fingerprint density at radius 1 is 0.423 bits per heavy atom. The summed E-state index contributed by atoms with van der Waals surface area (Å²) in [4.78, 5) is 170. The second-order valence-corrected chi connectivity index (χ2v) is 28.7. The lowest BCUT2D eigenvalue weighted by Gasteiger charge is -2.34. The summed E-state index contributed by atoms with van der Waals surface area (Å²) in [7, 11) is 0. The summed E-state index contributed by atoms with van der Waals surface area (Å²) in [6.07, 6.45) is 1.74. The van der Waals surface area contributed by atoms with Gasteiger partial charge in [-0.15, -0.1) is 0 Å². The van der Waals surface area contributed by atoms with Crippen LogP contribution in [0.25, 0.3) is 0 Å². The molecule has 738 valence electrons. The van der Waals surface area contributed by atoms with Crippen LogP contribution in [0.4, 0.5) is 19.2 Å². The molecule has 0 radical (unpaired) electrons. The number of amides is 4. The average Bonchev–Trinajstić information content (AvgIpc) is 0.791. The number of hydrogen-bond acceptors (Lipinski definition) is 34. The zero-order valence-corrected chi connectivity index (χ0v) is 79.1. The zero-order valence-electron chi connectivity index (χ0n) is 79.1. The van der Waals surface area contributed by atoms with E-state index in [1.165, 1.54) is 32.9 Å². The minimum absolute atomic E-state index is 0.00389. The van der Waals surface area contributed by atoms with Crippen molar-refractivity contribution in [1.82, 2.24) is 21.3 Å². The molecule has 11 atom stereocenters. The summed E-state index contributed by atoms with van der Waals surface area (Å²) in [6.45, 7) is 59.1. The van der Waals surface area contributed by atoms with Crippen LogP contribution in [0.1, 0.15) is 215 Å². The van der Waals surface area contributed by atoms with Crippen LogP contribution in [0.15, 0.2) is 110 Å². The largest absolute Gasteiger partial charge is 0.481 e. The van der Waals surface area contributed by atoms with Crippen molar-refractivity contribution in [2.75, 3.05) is 79.0 Å². The van der Waals surface area contributed by atoms with Crippen molar-refractivity contribution in [3.05, 3.63) is 115 Å². The number of hydrogen-bond donors (Lipinski definition) is 8. The van der Waals surface area contributed by atoms with Gasteiger partial charge in [0.15, 0.2) is 17.8 Å². The number of benzene rings is 1. The molecule has 0 spiro atoms. The first kappa shape index (κ1) is 127. The molecule has 11 unspecified atom stereocenters. The highest BCUT2D eigenvalue weighted by molar-refractivity contribution is 5.91. The molecule has 0 aliphatic carbocycles. The molecule has 1 fully saturated rings. The Labute approximate surface area is 762 Å². The van der Waals surface area contributed by atoms with Gasteiger partial charge in [-0.2, -0.15) is 0 Å². The van der Waals surface area contributed by atoms with Gasteiger partial charge < -0.3 is 122 Å². The van der Waals surface area contributed by atoms with Gasteiger partial charge >= 0.3 is 90.0 Å². The molecule has 40 heteroatoms. The van der Waals surface area contributed by atoms with Crippen LogP contribution in [-0.2, 0) is 119 Å². The van der Waals surface area contributed by atoms with Gasteiger partial charge in [-0.3, -0.25) is 9.59 Å². The number of carbonyl (C=O) groups is 15. The lowest BCUT2D eigenvalue weighted by Crippen LogP contribution is -2.34. The fourth-order valence-corrected chi connectivity index (χ4v) is 7.51. The van der Waals surface area contributed by atoms with Gasteiger partial charge in [0.2, 0.25) is 5.75 Å². The Kier molecular flexibility index (Phi) is 74.1. The molecule has 1 aromatic rings. The summed E-state index contributed by atoms with van der Waals surface area (Å²) in [6, 6.07) is 2.60. The standard InChI is InChI=1S/C34H45N3O14.C11H19NO4.C11H20O4.C10H18O4.C8H14O4.C8H12O4.C8H14O2/c1-9-24-16-22(8)47-31(48-24)23-17-25(49-32(41)35-10-13-44-28(38)19(2)3)27(51-34(43)37-12-15-46-30(40)21(6)7)26(18-23)50-33(42)36-11-14-45-29(39)20(4)5;1-5-9(4)16-11(14)12-6-7-15-10(13)8(2)3;1-5-9(4)14-6-10(12)7-15-11(13)8(2)3;1-4-8(3)13-6-9(11)7-14-10(12)5-2;2*1-3-6(2)12-8(11)5-4-7(9)10;1-5-7(4)10-8(9)6(2)3/h17-18,22,24,31H,2,4,6,9-16H2,1,3,5,7-8H3,(H,35,41)(H,36,42)(H,37,43);9H,2,5-7H2,1,3-4H3,(H,12,14);9-10,12H,2,5-7H2,1,3-4H3;5,8-9,11H,2,4,6-7H2,1,3H3;6H,3-5H2,1-2H3,(H,9,10);4-6H,3H2,1-2H3,(H,9,10);7H,2,5H2,1,3-4H3/b;;;;;5-4-;. The maximum absolute atomic E-state index is 12.9. The lowest BCUT2D eigenvalue weighted by molar-refractivity contribution is -0.243. The number of aliphatic hydroxyl groups excluding tert-OH is 2. The lowest BCUT2D eigenvalue weighted by atomic mass is 10.1. The fourth-order valence-electron chi connectivity index (χ4n) is 7.51. The van der Waals surface area contributed by atoms with Crippen LogP contribution in [0.2, 0.25) is 0 Å². The molecule has 1 heterocycles. The van der Waals surface area contributed by atoms with E-state index in [1.807, 2.05) is 76.2 Å². The van der Waals surface area contributed by atoms with Crippen molar-refractivity contribution >= 4 is 90.0 Å². The summed E-state index contributed by atoms with van der Waals surface area (Å²) in [5.41, 5.74) is 1.84. The molecule has 1 saturated heterocycles. The van der Waals surface area contributed by atoms with Crippen molar-refractivity contribution in [1.29, 1.82) is 0 Å². The van der Waals surface area contributed by atoms with Gasteiger partial charge in [0, 0.05) is 57.2 Å². The van der Waals surface area contributed by atoms with Gasteiger partial charge in [-0.05, 0) is 154 Å². The second-order valence-electron chi connectivity index (χ2n) is 28.7. The number of aliphatic carboxylic acids is 2. The molecule has 4 amide bonds. The minimum Gasteiger partial charge on any atom is -0.481 e. The zero-order chi connectivity index (χ0) is 101. The highest BCUT2D eigenvalue weighted by Crippen LogP contribution is 2.43. The second kappa shape index (κ2) is 76.1. The van der Waals surface area contributed by atoms with Crippen LogP contribution >= 0.6 is 0 Å². The monoisotopic (exact) mass is 1850 g/mol. The maximum Gasteiger partial charge on any atom is 0.412 e. The van der Waals surface area contributed by atoms with Crippen molar-refractivity contribution in [3.8, 4) is 17.2 Å². The number of nitrogens with one attached hydrogen (secondary N) is 4. The first-order valence-corrected chi connectivity index (χ1v) is 42.0. The number of alkyl carbamates (subject to hydrolysis) is 1. The smallest absolute Gasteiger partial charge is 0.412 e. The molecule has 0 aromatic heterocycles. The Hall–Kier alpha value is -11.9. The molecule has 1 aromatic carbocycles. The van der Waals surface area contributed by atoms with E-state index in [0.717, 1.165) is 50.3 Å². The number of ether oxygens (including phenoxy) is 17. The quantitative estimate of drug-likeness (QED) is 0.0130. The SMILES string of the molecule is C=C(C)C(=O)OC(C)CC.C=C(C)C(=O)OCC(O)COC(C)CC.C=C(C)C(=O)OCCNC(=O)OC(C)CC.C=C(C)C(=O)OCCNC(=O)Oc1cc(C2OC(C)CC(CC)O2)cc(OC(=O)NCCOC(=O)C(=C)C)c1OC(=O)NCCOC(=O)C(=C)C.C=CC(=O)OCC(O)COC(C)CC.CCC(C)OC(=O)/C=C\C(=O)O.CCC(C)OC(=O)CCC(=O)O. The topological polar surface area (TPSA) is 542 Å². The molecule has 0 saturated carbocycles. The molecule has 2 rings (SSSR count). The van der Waals surface area contributed by atoms with E-state index in [2.05, 4.69) is 72.1 Å². The van der Waals surface area contributed by atoms with Gasteiger partial charge in [0.1, 0.15) is 58.0 Å². The van der Waals surface area contributed by atoms with Crippen LogP contribution in [-0.4, -0.2) is 251 Å². The van der Waals surface area contributed by atoms with E-state index in [4.69, 9.17) is 86.0 Å². The van der Waals surface area contributed by atoms with Gasteiger partial charge in [-0.25, -0.2) is 62.3 Å². The van der Waals surface area contributed by atoms with Gasteiger partial charge in [0.25, 0.3) is 0 Å². The third-order valence-corrected chi connectivity index (χ3v) is 15.9. The first-order chi connectivity index (χ1) is 60.8. The number of carbonyl (C=O) groups excluding carboxylic acids is 13. The molecular weight excluding hydrogens is 1710 g/mol. The normalized spacial score (nSPS) is 14.3. The molecule has 8 N–H and O–H groups in total. The van der Waals surface area contributed by atoms with Crippen LogP contribution in [0, 0.1) is 0 Å². The van der Waals surface area contributed by atoms with Gasteiger partial charge in [0.05, 0.1) is 95.0 Å². The van der Waals surface area contributed by atoms with Crippen LogP contribution in [0.5, 0.6) is 17.2 Å². The number of rotatable bonds is 49. The highest BCUT2D eigenvalue weighted by Gasteiger charge is 2.32. The molecule has 1 aliphatic rings. The van der Waals surface area contributed by atoms with Crippen molar-refractivity contribution in [2.24, 2.45) is 0 Å². The predicted octanol–water partition coefficient (Wildman–Crippen LogP) is 11.8. The highest BCUT2D eigenvalue weighted by atomic mass is 16.7. The van der Waals surface area contributed by atoms with E-state index in [0.29, 0.717) is 36.0 Å². The maximum atomic E-state index is 12.9. The number of carboxylic acid groups (broad SMARTS) is 2. The number of esters is 9. The number of aliphatic hydroxyl groups is 2. The Morgan fingerprint density at radius 2 is 0.769 bits per heavy atom. The van der Waals surface area contributed by atoms with Gasteiger partial charge in [-0.1, -0.05) is 94.5 Å². The fraction of sp³-hybridized carbons (Fsp3) is 0.589. The Balaban J connectivity index is -0.000000535. The Bertz CT molecular complexity index is 3710. The molecule has 0 bridgehead atoms. The van der Waals surface area contributed by atoms with Crippen LogP contribution in [0.3, 0.4) is 0 Å². The predicted molar refractivity (Wildman–Crippen MR) is 475 cm³/mol. The Morgan fingerprint density at radius 3 is 1.12 bits per heavy atom. The van der Waals surface area contributed by atoms with E-state index >= 15 is 0 Å². The first-order valence-electron chi connectivity index (χ1n) is 42.0. The molecule has 40 nitrogen and oxygen atoms in total. The van der Waals surface area contributed by atoms with E-state index in [9.17, 15) is 82.1 Å². The minimum atomic E-state index is -1.16. The van der Waals surface area contributed by atoms with E-state index in [-0.39, 0.29) is 169 Å². The van der Waals surface area contributed by atoms with Crippen molar-refractivity contribution < 1.29 is 173 Å². The average molecular weight is 1860 g/mol. The number of carboxylic acids is 2. The van der Waals surface area contributed by atoms with Crippen molar-refractivity contribution in [3.63, 3.8) is 0 Å².